The smallest absolute Gasteiger partial charge is 0.219 e. The average Bonchev–Trinajstić information content (AvgIpc) is 2.60. The Morgan fingerprint density at radius 1 is 1.58 bits per heavy atom. The van der Waals surface area contributed by atoms with Gasteiger partial charge in [0.15, 0.2) is 0 Å². The normalized spacial score (nSPS) is 38.3. The molecule has 3 nitrogen and oxygen atoms in total. The molecule has 3 unspecified atom stereocenters. The first kappa shape index (κ1) is 7.60. The van der Waals surface area contributed by atoms with Crippen molar-refractivity contribution < 1.29 is 4.79 Å². The van der Waals surface area contributed by atoms with E-state index in [0.717, 1.165) is 19.4 Å². The van der Waals surface area contributed by atoms with E-state index in [4.69, 9.17) is 5.26 Å². The van der Waals surface area contributed by atoms with Crippen molar-refractivity contribution in [3.63, 3.8) is 0 Å². The van der Waals surface area contributed by atoms with E-state index in [9.17, 15) is 4.79 Å². The molecule has 1 aliphatic carbocycles. The third-order valence-electron chi connectivity index (χ3n) is 3.11. The van der Waals surface area contributed by atoms with Crippen LogP contribution in [0.5, 0.6) is 0 Å². The summed E-state index contributed by atoms with van der Waals surface area (Å²) in [7, 11) is 0. The zero-order chi connectivity index (χ0) is 8.72. The lowest BCUT2D eigenvalue weighted by atomic mass is 9.96. The second kappa shape index (κ2) is 2.48. The Morgan fingerprint density at radius 3 is 2.75 bits per heavy atom. The molecule has 0 aromatic heterocycles. The third-order valence-corrected chi connectivity index (χ3v) is 3.11. The average molecular weight is 164 g/mol. The zero-order valence-corrected chi connectivity index (χ0v) is 7.16. The molecule has 1 heterocycles. The largest absolute Gasteiger partial charge is 0.340 e. The summed E-state index contributed by atoms with van der Waals surface area (Å²) in [6.45, 7) is 2.43. The number of fused-ring (bicyclic) bond motifs is 2. The van der Waals surface area contributed by atoms with Crippen molar-refractivity contribution in [1.29, 1.82) is 5.26 Å². The van der Waals surface area contributed by atoms with Gasteiger partial charge in [-0.25, -0.2) is 0 Å². The molecule has 1 saturated heterocycles. The fourth-order valence-corrected chi connectivity index (χ4v) is 2.50. The van der Waals surface area contributed by atoms with Crippen molar-refractivity contribution in [2.45, 2.75) is 25.8 Å². The van der Waals surface area contributed by atoms with Crippen LogP contribution in [0.15, 0.2) is 0 Å². The zero-order valence-electron chi connectivity index (χ0n) is 7.16. The standard InChI is InChI=1S/C9H12N2O/c1-6(12)11-5-8-3-9(11)2-7(8)4-10/h7-9H,2-3,5H2,1H3. The first-order valence-electron chi connectivity index (χ1n) is 4.39. The Morgan fingerprint density at radius 2 is 2.33 bits per heavy atom. The number of hydrogen-bond acceptors (Lipinski definition) is 2. The number of rotatable bonds is 0. The summed E-state index contributed by atoms with van der Waals surface area (Å²) in [6.07, 6.45) is 1.96. The fourth-order valence-electron chi connectivity index (χ4n) is 2.50. The second-order valence-electron chi connectivity index (χ2n) is 3.79. The van der Waals surface area contributed by atoms with Crippen LogP contribution < -0.4 is 0 Å². The van der Waals surface area contributed by atoms with Crippen LogP contribution in [-0.4, -0.2) is 23.4 Å². The number of nitrogens with zero attached hydrogens (tertiary/aromatic N) is 2. The highest BCUT2D eigenvalue weighted by atomic mass is 16.2. The number of hydrogen-bond donors (Lipinski definition) is 0. The minimum atomic E-state index is 0.166. The molecule has 2 fully saturated rings. The van der Waals surface area contributed by atoms with Gasteiger partial charge in [0, 0.05) is 19.5 Å². The van der Waals surface area contributed by atoms with Crippen molar-refractivity contribution in [1.82, 2.24) is 4.90 Å². The van der Waals surface area contributed by atoms with Crippen molar-refractivity contribution in [2.24, 2.45) is 11.8 Å². The minimum Gasteiger partial charge on any atom is -0.340 e. The number of carbonyl (C=O) groups excluding carboxylic acids is 1. The molecule has 0 aromatic rings. The maximum Gasteiger partial charge on any atom is 0.219 e. The topological polar surface area (TPSA) is 44.1 Å². The van der Waals surface area contributed by atoms with E-state index in [2.05, 4.69) is 6.07 Å². The van der Waals surface area contributed by atoms with Gasteiger partial charge in [0.2, 0.25) is 5.91 Å². The van der Waals surface area contributed by atoms with Gasteiger partial charge in [-0.1, -0.05) is 0 Å². The molecule has 1 amide bonds. The molecule has 1 saturated carbocycles. The minimum absolute atomic E-state index is 0.166. The summed E-state index contributed by atoms with van der Waals surface area (Å²) in [5, 5.41) is 8.76. The molecule has 0 radical (unpaired) electrons. The Balaban J connectivity index is 2.09. The van der Waals surface area contributed by atoms with Gasteiger partial charge in [-0.2, -0.15) is 5.26 Å². The molecule has 64 valence electrons. The van der Waals surface area contributed by atoms with Gasteiger partial charge in [-0.15, -0.1) is 0 Å². The number of nitriles is 1. The lowest BCUT2D eigenvalue weighted by molar-refractivity contribution is -0.130. The maximum atomic E-state index is 11.1. The van der Waals surface area contributed by atoms with Gasteiger partial charge in [0.25, 0.3) is 0 Å². The van der Waals surface area contributed by atoms with E-state index < -0.39 is 0 Å². The van der Waals surface area contributed by atoms with Crippen molar-refractivity contribution in [3.05, 3.63) is 0 Å². The molecule has 2 aliphatic rings. The first-order valence-corrected chi connectivity index (χ1v) is 4.39. The van der Waals surface area contributed by atoms with E-state index in [1.165, 1.54) is 0 Å². The predicted molar refractivity (Wildman–Crippen MR) is 43.0 cm³/mol. The predicted octanol–water partition coefficient (Wildman–Crippen LogP) is 0.767. The summed E-state index contributed by atoms with van der Waals surface area (Å²) >= 11 is 0. The first-order chi connectivity index (χ1) is 5.72. The fraction of sp³-hybridized carbons (Fsp3) is 0.778. The van der Waals surface area contributed by atoms with E-state index >= 15 is 0 Å². The van der Waals surface area contributed by atoms with E-state index in [-0.39, 0.29) is 11.8 Å². The number of carbonyl (C=O) groups is 1. The summed E-state index contributed by atoms with van der Waals surface area (Å²) in [5.41, 5.74) is 0. The lowest BCUT2D eigenvalue weighted by Crippen LogP contribution is -2.38. The molecule has 3 heteroatoms. The van der Waals surface area contributed by atoms with Crippen LogP contribution in [0.4, 0.5) is 0 Å². The molecule has 2 rings (SSSR count). The molecular weight excluding hydrogens is 152 g/mol. The van der Waals surface area contributed by atoms with Gasteiger partial charge in [-0.05, 0) is 18.8 Å². The number of likely N-dealkylation sites (tertiary alicyclic amines) is 1. The van der Waals surface area contributed by atoms with E-state index in [1.54, 1.807) is 6.92 Å². The number of amides is 1. The Bertz CT molecular complexity index is 256. The molecular formula is C9H12N2O. The van der Waals surface area contributed by atoms with Crippen molar-refractivity contribution in [3.8, 4) is 6.07 Å². The molecule has 3 atom stereocenters. The summed E-state index contributed by atoms with van der Waals surface area (Å²) in [4.78, 5) is 13.0. The summed E-state index contributed by atoms with van der Waals surface area (Å²) in [5.74, 6) is 0.841. The van der Waals surface area contributed by atoms with Gasteiger partial charge in [-0.3, -0.25) is 4.79 Å². The van der Waals surface area contributed by atoms with Gasteiger partial charge in [0.05, 0.1) is 12.0 Å². The van der Waals surface area contributed by atoms with Gasteiger partial charge >= 0.3 is 0 Å². The molecule has 12 heavy (non-hydrogen) atoms. The molecule has 1 aliphatic heterocycles. The van der Waals surface area contributed by atoms with Crippen LogP contribution in [-0.2, 0) is 4.79 Å². The third kappa shape index (κ3) is 0.911. The monoisotopic (exact) mass is 164 g/mol. The molecule has 0 aromatic carbocycles. The quantitative estimate of drug-likeness (QED) is 0.530. The van der Waals surface area contributed by atoms with Crippen LogP contribution in [0.1, 0.15) is 19.8 Å². The van der Waals surface area contributed by atoms with Crippen LogP contribution in [0.3, 0.4) is 0 Å². The van der Waals surface area contributed by atoms with Gasteiger partial charge in [0.1, 0.15) is 0 Å². The van der Waals surface area contributed by atoms with Crippen molar-refractivity contribution in [2.75, 3.05) is 6.54 Å². The second-order valence-corrected chi connectivity index (χ2v) is 3.79. The van der Waals surface area contributed by atoms with E-state index in [0.29, 0.717) is 12.0 Å². The lowest BCUT2D eigenvalue weighted by Gasteiger charge is -2.27. The Hall–Kier alpha value is -1.04. The highest BCUT2D eigenvalue weighted by Crippen LogP contribution is 2.41. The summed E-state index contributed by atoms with van der Waals surface area (Å²) < 4.78 is 0. The Labute approximate surface area is 72.0 Å². The number of piperidine rings is 1. The SMILES string of the molecule is CC(=O)N1CC2CC1CC2C#N. The van der Waals surface area contributed by atoms with Gasteiger partial charge < -0.3 is 4.90 Å². The van der Waals surface area contributed by atoms with Crippen LogP contribution in [0.25, 0.3) is 0 Å². The highest BCUT2D eigenvalue weighted by molar-refractivity contribution is 5.74. The highest BCUT2D eigenvalue weighted by Gasteiger charge is 2.45. The molecule has 2 bridgehead atoms. The summed E-state index contributed by atoms with van der Waals surface area (Å²) in [6, 6.07) is 2.69. The van der Waals surface area contributed by atoms with Crippen LogP contribution in [0.2, 0.25) is 0 Å². The van der Waals surface area contributed by atoms with Crippen LogP contribution >= 0.6 is 0 Å². The molecule has 0 spiro atoms. The maximum absolute atomic E-state index is 11.1. The van der Waals surface area contributed by atoms with Crippen LogP contribution in [0, 0.1) is 23.2 Å². The molecule has 0 N–H and O–H groups in total. The van der Waals surface area contributed by atoms with E-state index in [1.807, 2.05) is 4.90 Å². The van der Waals surface area contributed by atoms with Crippen molar-refractivity contribution >= 4 is 5.91 Å². The Kier molecular flexibility index (Phi) is 1.57.